The van der Waals surface area contributed by atoms with Crippen LogP contribution >= 0.6 is 11.8 Å². The number of benzene rings is 2. The van der Waals surface area contributed by atoms with Crippen LogP contribution < -0.4 is 4.74 Å². The van der Waals surface area contributed by atoms with Crippen LogP contribution in [0, 0.1) is 19.3 Å². The minimum absolute atomic E-state index is 0.529. The predicted molar refractivity (Wildman–Crippen MR) is 96.0 cm³/mol. The first-order valence-corrected chi connectivity index (χ1v) is 8.47. The first kappa shape index (κ1) is 15.5. The summed E-state index contributed by atoms with van der Waals surface area (Å²) in [6.45, 7) is 3.23. The van der Waals surface area contributed by atoms with Crippen LogP contribution in [0.1, 0.15) is 5.56 Å². The fraction of sp³-hybridized carbons (Fsp3) is 0.211. The largest absolute Gasteiger partial charge is 0.493 e. The number of rotatable bonds is 6. The van der Waals surface area contributed by atoms with Gasteiger partial charge in [-0.05, 0) is 31.2 Å². The van der Waals surface area contributed by atoms with Gasteiger partial charge in [0.05, 0.1) is 24.2 Å². The van der Waals surface area contributed by atoms with Gasteiger partial charge in [0.15, 0.2) is 5.16 Å². The number of hydrogen-bond donors (Lipinski definition) is 0. The quantitative estimate of drug-likeness (QED) is 0.387. The van der Waals surface area contributed by atoms with Gasteiger partial charge >= 0.3 is 0 Å². The van der Waals surface area contributed by atoms with E-state index >= 15 is 0 Å². The molecule has 3 aromatic rings. The molecule has 0 N–H and O–H groups in total. The molecule has 0 spiro atoms. The minimum atomic E-state index is 0.529. The summed E-state index contributed by atoms with van der Waals surface area (Å²) in [5.74, 6) is 4.42. The van der Waals surface area contributed by atoms with Crippen LogP contribution in [-0.2, 0) is 6.54 Å². The van der Waals surface area contributed by atoms with E-state index in [0.29, 0.717) is 13.2 Å². The Hall–Kier alpha value is -2.38. The van der Waals surface area contributed by atoms with Crippen LogP contribution in [0.25, 0.3) is 11.0 Å². The fourth-order valence-corrected chi connectivity index (χ4v) is 3.17. The molecule has 3 rings (SSSR count). The molecular weight excluding hydrogens is 304 g/mol. The van der Waals surface area contributed by atoms with Gasteiger partial charge in [-0.15, -0.1) is 6.42 Å². The van der Waals surface area contributed by atoms with E-state index in [0.717, 1.165) is 27.7 Å². The number of nitrogens with zero attached hydrogens (tertiary/aromatic N) is 2. The van der Waals surface area contributed by atoms with Crippen molar-refractivity contribution in [2.24, 2.45) is 0 Å². The van der Waals surface area contributed by atoms with Crippen LogP contribution in [0.5, 0.6) is 5.75 Å². The van der Waals surface area contributed by atoms with Gasteiger partial charge in [0.1, 0.15) is 5.75 Å². The highest BCUT2D eigenvalue weighted by Gasteiger charge is 2.09. The summed E-state index contributed by atoms with van der Waals surface area (Å²) in [4.78, 5) is 4.66. The predicted octanol–water partition coefficient (Wildman–Crippen LogP) is 4.15. The molecule has 0 saturated heterocycles. The third kappa shape index (κ3) is 3.69. The number of hydrogen-bond acceptors (Lipinski definition) is 3. The lowest BCUT2D eigenvalue weighted by atomic mass is 10.2. The van der Waals surface area contributed by atoms with Gasteiger partial charge in [-0.1, -0.05) is 47.5 Å². The van der Waals surface area contributed by atoms with Gasteiger partial charge in [0, 0.05) is 5.75 Å². The summed E-state index contributed by atoms with van der Waals surface area (Å²) in [6.07, 6.45) is 5.49. The summed E-state index contributed by atoms with van der Waals surface area (Å²) in [6, 6.07) is 16.1. The number of para-hydroxylation sites is 2. The summed E-state index contributed by atoms with van der Waals surface area (Å²) >= 11 is 1.67. The second-order valence-corrected chi connectivity index (χ2v) is 6.25. The molecule has 0 atom stereocenters. The second kappa shape index (κ2) is 7.26. The lowest BCUT2D eigenvalue weighted by Gasteiger charge is -2.07. The Morgan fingerprint density at radius 1 is 1.17 bits per heavy atom. The number of thioether (sulfide) groups is 1. The van der Waals surface area contributed by atoms with Crippen molar-refractivity contribution in [2.45, 2.75) is 18.6 Å². The molecule has 0 fully saturated rings. The number of fused-ring (bicyclic) bond motifs is 1. The molecule has 116 valence electrons. The van der Waals surface area contributed by atoms with E-state index in [4.69, 9.17) is 11.2 Å². The smallest absolute Gasteiger partial charge is 0.170 e. The van der Waals surface area contributed by atoms with E-state index in [-0.39, 0.29) is 0 Å². The third-order valence-electron chi connectivity index (χ3n) is 3.47. The van der Waals surface area contributed by atoms with Crippen molar-refractivity contribution in [3.8, 4) is 18.1 Å². The Bertz CT molecular complexity index is 831. The molecule has 0 saturated carbocycles. The maximum absolute atomic E-state index is 5.76. The highest BCUT2D eigenvalue weighted by Crippen LogP contribution is 2.24. The summed E-state index contributed by atoms with van der Waals surface area (Å²) in [5, 5.41) is 0.941. The minimum Gasteiger partial charge on any atom is -0.493 e. The molecule has 2 aromatic carbocycles. The average Bonchev–Trinajstić information content (AvgIpc) is 2.92. The van der Waals surface area contributed by atoms with Crippen molar-refractivity contribution in [3.05, 3.63) is 54.1 Å². The zero-order valence-electron chi connectivity index (χ0n) is 13.0. The standard InChI is InChI=1S/C19H18N2OS/c1-3-12-21-18-7-5-4-6-17(18)20-19(21)23-14-13-22-16-10-8-15(2)9-11-16/h1,4-11H,12-14H2,2H3. The molecule has 0 radical (unpaired) electrons. The van der Waals surface area contributed by atoms with Gasteiger partial charge in [-0.25, -0.2) is 4.98 Å². The fourth-order valence-electron chi connectivity index (χ4n) is 2.33. The van der Waals surface area contributed by atoms with Gasteiger partial charge in [-0.2, -0.15) is 0 Å². The van der Waals surface area contributed by atoms with Gasteiger partial charge < -0.3 is 9.30 Å². The maximum atomic E-state index is 5.76. The van der Waals surface area contributed by atoms with E-state index in [2.05, 4.69) is 34.5 Å². The Labute approximate surface area is 140 Å². The maximum Gasteiger partial charge on any atom is 0.170 e. The van der Waals surface area contributed by atoms with E-state index in [1.807, 2.05) is 36.4 Å². The Balaban J connectivity index is 1.64. The summed E-state index contributed by atoms with van der Waals surface area (Å²) in [7, 11) is 0. The molecule has 1 aromatic heterocycles. The highest BCUT2D eigenvalue weighted by atomic mass is 32.2. The molecule has 3 nitrogen and oxygen atoms in total. The molecule has 0 aliphatic carbocycles. The van der Waals surface area contributed by atoms with E-state index in [1.165, 1.54) is 5.56 Å². The first-order chi connectivity index (χ1) is 11.3. The Morgan fingerprint density at radius 3 is 2.74 bits per heavy atom. The lowest BCUT2D eigenvalue weighted by molar-refractivity contribution is 0.344. The van der Waals surface area contributed by atoms with Crippen LogP contribution in [0.4, 0.5) is 0 Å². The normalized spacial score (nSPS) is 10.6. The van der Waals surface area contributed by atoms with Crippen LogP contribution in [-0.4, -0.2) is 21.9 Å². The van der Waals surface area contributed by atoms with Crippen molar-refractivity contribution in [1.82, 2.24) is 9.55 Å². The Morgan fingerprint density at radius 2 is 1.96 bits per heavy atom. The molecule has 0 amide bonds. The Kier molecular flexibility index (Phi) is 4.89. The number of aromatic nitrogens is 2. The van der Waals surface area contributed by atoms with Crippen LogP contribution in [0.2, 0.25) is 0 Å². The topological polar surface area (TPSA) is 27.1 Å². The van der Waals surface area contributed by atoms with Crippen molar-refractivity contribution in [2.75, 3.05) is 12.4 Å². The molecular formula is C19H18N2OS. The number of imidazole rings is 1. The summed E-state index contributed by atoms with van der Waals surface area (Å²) in [5.41, 5.74) is 3.28. The third-order valence-corrected chi connectivity index (χ3v) is 4.41. The SMILES string of the molecule is C#CCn1c(SCCOc2ccc(C)cc2)nc2ccccc21. The van der Waals surface area contributed by atoms with Crippen molar-refractivity contribution in [3.63, 3.8) is 0 Å². The van der Waals surface area contributed by atoms with E-state index in [1.54, 1.807) is 11.8 Å². The summed E-state index contributed by atoms with van der Waals surface area (Å²) < 4.78 is 7.83. The molecule has 0 aliphatic rings. The number of terminal acetylenes is 1. The zero-order valence-corrected chi connectivity index (χ0v) is 13.8. The van der Waals surface area contributed by atoms with Gasteiger partial charge in [0.2, 0.25) is 0 Å². The first-order valence-electron chi connectivity index (χ1n) is 7.49. The van der Waals surface area contributed by atoms with E-state index < -0.39 is 0 Å². The monoisotopic (exact) mass is 322 g/mol. The van der Waals surface area contributed by atoms with Crippen molar-refractivity contribution >= 4 is 22.8 Å². The van der Waals surface area contributed by atoms with E-state index in [9.17, 15) is 0 Å². The molecule has 4 heteroatoms. The van der Waals surface area contributed by atoms with Crippen molar-refractivity contribution in [1.29, 1.82) is 0 Å². The molecule has 0 aliphatic heterocycles. The van der Waals surface area contributed by atoms with Crippen molar-refractivity contribution < 1.29 is 4.74 Å². The zero-order chi connectivity index (χ0) is 16.1. The number of aryl methyl sites for hydroxylation is 1. The van der Waals surface area contributed by atoms with Crippen LogP contribution in [0.3, 0.4) is 0 Å². The van der Waals surface area contributed by atoms with Crippen LogP contribution in [0.15, 0.2) is 53.7 Å². The van der Waals surface area contributed by atoms with Gasteiger partial charge in [0.25, 0.3) is 0 Å². The average molecular weight is 322 g/mol. The molecule has 0 bridgehead atoms. The van der Waals surface area contributed by atoms with Gasteiger partial charge in [-0.3, -0.25) is 0 Å². The second-order valence-electron chi connectivity index (χ2n) is 5.18. The molecule has 1 heterocycles. The molecule has 23 heavy (non-hydrogen) atoms. The molecule has 0 unspecified atom stereocenters. The lowest BCUT2D eigenvalue weighted by Crippen LogP contribution is -2.03. The highest BCUT2D eigenvalue weighted by molar-refractivity contribution is 7.99. The number of ether oxygens (including phenoxy) is 1.